The Morgan fingerprint density at radius 1 is 1.14 bits per heavy atom. The number of benzene rings is 2. The van der Waals surface area contributed by atoms with Crippen LogP contribution in [0.5, 0.6) is 0 Å². The number of rotatable bonds is 6. The normalized spacial score (nSPS) is 10.9. The lowest BCUT2D eigenvalue weighted by Crippen LogP contribution is -2.18. The third-order valence-corrected chi connectivity index (χ3v) is 4.45. The van der Waals surface area contributed by atoms with Gasteiger partial charge >= 0.3 is 5.97 Å². The van der Waals surface area contributed by atoms with Crippen molar-refractivity contribution in [2.75, 3.05) is 6.61 Å². The minimum absolute atomic E-state index is 0.259. The van der Waals surface area contributed by atoms with Crippen LogP contribution in [0, 0.1) is 6.92 Å². The van der Waals surface area contributed by atoms with Gasteiger partial charge in [0.2, 0.25) is 0 Å². The lowest BCUT2D eigenvalue weighted by molar-refractivity contribution is 0.0526. The average molecular weight is 411 g/mol. The third kappa shape index (κ3) is 4.92. The lowest BCUT2D eigenvalue weighted by Gasteiger charge is -2.05. The maximum absolute atomic E-state index is 12.2. The maximum atomic E-state index is 12.2. The van der Waals surface area contributed by atoms with Gasteiger partial charge in [0.1, 0.15) is 11.5 Å². The molecule has 0 unspecified atom stereocenters. The summed E-state index contributed by atoms with van der Waals surface area (Å²) < 4.78 is 10.7. The van der Waals surface area contributed by atoms with Gasteiger partial charge in [0.15, 0.2) is 0 Å². The van der Waals surface area contributed by atoms with Crippen molar-refractivity contribution in [3.63, 3.8) is 0 Å². The molecule has 6 nitrogen and oxygen atoms in total. The molecule has 1 amide bonds. The quantitative estimate of drug-likeness (QED) is 0.358. The number of halogens is 1. The standard InChI is InChI=1S/C22H19ClN2O4/c1-3-28-22(27)18-12-15(8-10-19(18)23)20-11-9-16(29-20)13-24-25-21(26)17-7-5-4-6-14(17)2/h4-13H,3H2,1-2H3,(H,25,26)/b24-13-. The van der Waals surface area contributed by atoms with Crippen molar-refractivity contribution in [3.05, 3.63) is 82.1 Å². The fourth-order valence-corrected chi connectivity index (χ4v) is 2.86. The van der Waals surface area contributed by atoms with E-state index in [0.717, 1.165) is 5.56 Å². The maximum Gasteiger partial charge on any atom is 0.339 e. The van der Waals surface area contributed by atoms with Crippen LogP contribution in [0.2, 0.25) is 5.02 Å². The van der Waals surface area contributed by atoms with Crippen LogP contribution in [0.15, 0.2) is 64.1 Å². The summed E-state index contributed by atoms with van der Waals surface area (Å²) in [6.07, 6.45) is 1.40. The smallest absolute Gasteiger partial charge is 0.339 e. The molecule has 29 heavy (non-hydrogen) atoms. The Morgan fingerprint density at radius 3 is 2.69 bits per heavy atom. The van der Waals surface area contributed by atoms with Crippen molar-refractivity contribution in [1.82, 2.24) is 5.43 Å². The Bertz CT molecular complexity index is 1070. The molecule has 2 aromatic carbocycles. The number of amides is 1. The van der Waals surface area contributed by atoms with E-state index >= 15 is 0 Å². The highest BCUT2D eigenvalue weighted by Crippen LogP contribution is 2.27. The Kier molecular flexibility index (Phi) is 6.46. The Hall–Kier alpha value is -3.38. The zero-order valence-electron chi connectivity index (χ0n) is 15.9. The summed E-state index contributed by atoms with van der Waals surface area (Å²) in [5.41, 5.74) is 4.82. The molecular formula is C22H19ClN2O4. The summed E-state index contributed by atoms with van der Waals surface area (Å²) >= 11 is 6.09. The predicted molar refractivity (Wildman–Crippen MR) is 111 cm³/mol. The van der Waals surface area contributed by atoms with Crippen LogP contribution in [-0.2, 0) is 4.74 Å². The highest BCUT2D eigenvalue weighted by molar-refractivity contribution is 6.33. The van der Waals surface area contributed by atoms with E-state index < -0.39 is 5.97 Å². The number of hydrogen-bond donors (Lipinski definition) is 1. The number of hydrogen-bond acceptors (Lipinski definition) is 5. The molecule has 1 heterocycles. The SMILES string of the molecule is CCOC(=O)c1cc(-c2ccc(/C=N\NC(=O)c3ccccc3C)o2)ccc1Cl. The van der Waals surface area contributed by atoms with Crippen molar-refractivity contribution in [1.29, 1.82) is 0 Å². The van der Waals surface area contributed by atoms with Gasteiger partial charge in [-0.1, -0.05) is 29.8 Å². The largest absolute Gasteiger partial charge is 0.462 e. The van der Waals surface area contributed by atoms with E-state index in [1.54, 1.807) is 49.4 Å². The van der Waals surface area contributed by atoms with Gasteiger partial charge in [-0.15, -0.1) is 0 Å². The second-order valence-corrected chi connectivity index (χ2v) is 6.54. The predicted octanol–water partition coefficient (Wildman–Crippen LogP) is 4.85. The molecule has 1 aromatic heterocycles. The molecular weight excluding hydrogens is 392 g/mol. The van der Waals surface area contributed by atoms with Crippen molar-refractivity contribution >= 4 is 29.7 Å². The first-order valence-corrected chi connectivity index (χ1v) is 9.33. The molecule has 0 aliphatic rings. The molecule has 3 aromatic rings. The van der Waals surface area contributed by atoms with Gasteiger partial charge in [0, 0.05) is 11.1 Å². The summed E-state index contributed by atoms with van der Waals surface area (Å²) in [5.74, 6) is 0.172. The molecule has 148 valence electrons. The van der Waals surface area contributed by atoms with Crippen LogP contribution in [-0.4, -0.2) is 24.7 Å². The molecule has 0 saturated carbocycles. The van der Waals surface area contributed by atoms with E-state index in [4.69, 9.17) is 20.8 Å². The molecule has 1 N–H and O–H groups in total. The van der Waals surface area contributed by atoms with E-state index in [1.165, 1.54) is 6.21 Å². The van der Waals surface area contributed by atoms with E-state index in [-0.39, 0.29) is 18.1 Å². The second-order valence-electron chi connectivity index (χ2n) is 6.13. The summed E-state index contributed by atoms with van der Waals surface area (Å²) in [6.45, 7) is 3.84. The van der Waals surface area contributed by atoms with E-state index in [2.05, 4.69) is 10.5 Å². The number of hydrazone groups is 1. The number of nitrogens with one attached hydrogen (secondary N) is 1. The van der Waals surface area contributed by atoms with Gasteiger partial charge in [0.05, 0.1) is 23.4 Å². The first-order chi connectivity index (χ1) is 14.0. The molecule has 0 spiro atoms. The number of nitrogens with zero attached hydrogens (tertiary/aromatic N) is 1. The minimum Gasteiger partial charge on any atom is -0.462 e. The number of carbonyl (C=O) groups excluding carboxylic acids is 2. The molecule has 3 rings (SSSR count). The summed E-state index contributed by atoms with van der Waals surface area (Å²) in [4.78, 5) is 24.2. The van der Waals surface area contributed by atoms with Crippen LogP contribution in [0.25, 0.3) is 11.3 Å². The lowest BCUT2D eigenvalue weighted by atomic mass is 10.1. The fraction of sp³-hybridized carbons (Fsp3) is 0.136. The zero-order chi connectivity index (χ0) is 20.8. The minimum atomic E-state index is -0.494. The van der Waals surface area contributed by atoms with Gasteiger partial charge in [0.25, 0.3) is 5.91 Å². The van der Waals surface area contributed by atoms with Crippen LogP contribution in [0.1, 0.15) is 39.0 Å². The summed E-state index contributed by atoms with van der Waals surface area (Å²) in [7, 11) is 0. The molecule has 0 atom stereocenters. The third-order valence-electron chi connectivity index (χ3n) is 4.12. The number of aryl methyl sites for hydroxylation is 1. The fourth-order valence-electron chi connectivity index (χ4n) is 2.66. The Labute approximate surface area is 173 Å². The molecule has 0 aliphatic carbocycles. The highest BCUT2D eigenvalue weighted by atomic mass is 35.5. The van der Waals surface area contributed by atoms with Crippen LogP contribution in [0.3, 0.4) is 0 Å². The van der Waals surface area contributed by atoms with Gasteiger partial charge in [-0.05, 0) is 55.8 Å². The molecule has 0 radical (unpaired) electrons. The van der Waals surface area contributed by atoms with E-state index in [1.807, 2.05) is 19.1 Å². The molecule has 0 saturated heterocycles. The van der Waals surface area contributed by atoms with E-state index in [9.17, 15) is 9.59 Å². The highest BCUT2D eigenvalue weighted by Gasteiger charge is 2.14. The Morgan fingerprint density at radius 2 is 1.93 bits per heavy atom. The average Bonchev–Trinajstić information content (AvgIpc) is 3.17. The van der Waals surface area contributed by atoms with Crippen molar-refractivity contribution in [3.8, 4) is 11.3 Å². The van der Waals surface area contributed by atoms with Crippen LogP contribution >= 0.6 is 11.6 Å². The van der Waals surface area contributed by atoms with Crippen molar-refractivity contribution < 1.29 is 18.7 Å². The number of ether oxygens (including phenoxy) is 1. The van der Waals surface area contributed by atoms with E-state index in [0.29, 0.717) is 27.7 Å². The second kappa shape index (κ2) is 9.21. The first-order valence-electron chi connectivity index (χ1n) is 8.95. The number of carbonyl (C=O) groups is 2. The van der Waals surface area contributed by atoms with Crippen molar-refractivity contribution in [2.24, 2.45) is 5.10 Å². The number of esters is 1. The molecule has 0 aliphatic heterocycles. The van der Waals surface area contributed by atoms with Gasteiger partial charge in [-0.2, -0.15) is 5.10 Å². The first kappa shape index (κ1) is 20.4. The van der Waals surface area contributed by atoms with Crippen LogP contribution < -0.4 is 5.43 Å². The van der Waals surface area contributed by atoms with Gasteiger partial charge < -0.3 is 9.15 Å². The molecule has 7 heteroatoms. The van der Waals surface area contributed by atoms with Crippen molar-refractivity contribution in [2.45, 2.75) is 13.8 Å². The topological polar surface area (TPSA) is 80.9 Å². The summed E-state index contributed by atoms with van der Waals surface area (Å²) in [5, 5.41) is 4.24. The number of furan rings is 1. The Balaban J connectivity index is 1.72. The summed E-state index contributed by atoms with van der Waals surface area (Å²) in [6, 6.07) is 15.7. The zero-order valence-corrected chi connectivity index (χ0v) is 16.7. The monoisotopic (exact) mass is 410 g/mol. The molecule has 0 fully saturated rings. The van der Waals surface area contributed by atoms with Gasteiger partial charge in [-0.25, -0.2) is 10.2 Å². The van der Waals surface area contributed by atoms with Gasteiger partial charge in [-0.3, -0.25) is 4.79 Å². The molecule has 0 bridgehead atoms. The van der Waals surface area contributed by atoms with Crippen LogP contribution in [0.4, 0.5) is 0 Å².